The minimum atomic E-state index is 0.429. The third-order valence-electron chi connectivity index (χ3n) is 3.07. The molecule has 0 saturated heterocycles. The maximum atomic E-state index is 4.48. The molecule has 0 spiro atoms. The summed E-state index contributed by atoms with van der Waals surface area (Å²) in [6, 6.07) is 11.1. The molecule has 3 heteroatoms. The molecule has 0 radical (unpaired) electrons. The van der Waals surface area contributed by atoms with E-state index in [0.29, 0.717) is 6.04 Å². The number of nitrogens with one attached hydrogen (secondary N) is 1. The van der Waals surface area contributed by atoms with E-state index in [9.17, 15) is 0 Å². The van der Waals surface area contributed by atoms with Gasteiger partial charge in [-0.15, -0.1) is 0 Å². The van der Waals surface area contributed by atoms with E-state index in [-0.39, 0.29) is 0 Å². The highest BCUT2D eigenvalue weighted by Crippen LogP contribution is 2.29. The minimum absolute atomic E-state index is 0.429. The third-order valence-corrected chi connectivity index (χ3v) is 3.07. The molecule has 3 rings (SSSR count). The van der Waals surface area contributed by atoms with Gasteiger partial charge in [0.1, 0.15) is 0 Å². The predicted molar refractivity (Wildman–Crippen MR) is 64.7 cm³/mol. The molecule has 2 heterocycles. The number of fused-ring (bicyclic) bond motifs is 1. The second-order valence-corrected chi connectivity index (χ2v) is 4.26. The van der Waals surface area contributed by atoms with Gasteiger partial charge in [-0.3, -0.25) is 0 Å². The summed E-state index contributed by atoms with van der Waals surface area (Å²) in [5, 5.41) is 3.34. The molecule has 0 amide bonds. The summed E-state index contributed by atoms with van der Waals surface area (Å²) in [5.74, 6) is 0.998. The molecule has 82 valence electrons. The summed E-state index contributed by atoms with van der Waals surface area (Å²) in [4.78, 5) is 4.48. The molecule has 0 bridgehead atoms. The van der Waals surface area contributed by atoms with Crippen LogP contribution in [-0.4, -0.2) is 16.1 Å². The number of nitrogens with zero attached hydrogens (tertiary/aromatic N) is 2. The Bertz CT molecular complexity index is 487. The number of anilines is 1. The monoisotopic (exact) mass is 213 g/mol. The Morgan fingerprint density at radius 2 is 2.12 bits per heavy atom. The molecule has 0 fully saturated rings. The van der Waals surface area contributed by atoms with Gasteiger partial charge in [0, 0.05) is 12.7 Å². The van der Waals surface area contributed by atoms with E-state index in [1.54, 1.807) is 0 Å². The van der Waals surface area contributed by atoms with Crippen molar-refractivity contribution in [2.24, 2.45) is 0 Å². The summed E-state index contributed by atoms with van der Waals surface area (Å²) in [6.07, 6.45) is 3.24. The van der Waals surface area contributed by atoms with Crippen LogP contribution in [0, 0.1) is 6.92 Å². The highest BCUT2D eigenvalue weighted by Gasteiger charge is 2.21. The number of rotatable bonds is 1. The number of hydrogen-bond donors (Lipinski definition) is 1. The molecule has 16 heavy (non-hydrogen) atoms. The smallest absolute Gasteiger partial charge is 0.203 e. The van der Waals surface area contributed by atoms with E-state index in [2.05, 4.69) is 51.4 Å². The van der Waals surface area contributed by atoms with Crippen molar-refractivity contribution in [3.63, 3.8) is 0 Å². The van der Waals surface area contributed by atoms with Gasteiger partial charge in [0.05, 0.1) is 11.7 Å². The third kappa shape index (κ3) is 1.48. The van der Waals surface area contributed by atoms with Crippen LogP contribution in [0.1, 0.15) is 23.7 Å². The predicted octanol–water partition coefficient (Wildman–Crippen LogP) is 2.60. The lowest BCUT2D eigenvalue weighted by atomic mass is 10.0. The van der Waals surface area contributed by atoms with Gasteiger partial charge in [0.2, 0.25) is 5.95 Å². The molecule has 1 atom stereocenters. The fraction of sp³-hybridized carbons (Fsp3) is 0.308. The fourth-order valence-corrected chi connectivity index (χ4v) is 2.35. The van der Waals surface area contributed by atoms with E-state index in [1.807, 2.05) is 6.92 Å². The molecule has 1 aromatic carbocycles. The highest BCUT2D eigenvalue weighted by molar-refractivity contribution is 5.35. The van der Waals surface area contributed by atoms with Crippen LogP contribution in [0.2, 0.25) is 0 Å². The lowest BCUT2D eigenvalue weighted by Crippen LogP contribution is -2.23. The van der Waals surface area contributed by atoms with Crippen LogP contribution in [0.4, 0.5) is 5.95 Å². The Balaban J connectivity index is 2.05. The molecule has 0 saturated carbocycles. The van der Waals surface area contributed by atoms with E-state index < -0.39 is 0 Å². The first kappa shape index (κ1) is 9.46. The second-order valence-electron chi connectivity index (χ2n) is 4.26. The first-order valence-electron chi connectivity index (χ1n) is 5.69. The highest BCUT2D eigenvalue weighted by atomic mass is 15.2. The van der Waals surface area contributed by atoms with E-state index in [0.717, 1.165) is 24.6 Å². The van der Waals surface area contributed by atoms with Crippen LogP contribution in [0.5, 0.6) is 0 Å². The number of imidazole rings is 1. The summed E-state index contributed by atoms with van der Waals surface area (Å²) in [7, 11) is 0. The van der Waals surface area contributed by atoms with Crippen LogP contribution in [0.15, 0.2) is 36.5 Å². The molecule has 2 aromatic rings. The fourth-order valence-electron chi connectivity index (χ4n) is 2.35. The zero-order valence-electron chi connectivity index (χ0n) is 9.35. The average molecular weight is 213 g/mol. The Morgan fingerprint density at radius 3 is 2.94 bits per heavy atom. The molecule has 0 aliphatic carbocycles. The molecule has 1 aliphatic heterocycles. The lowest BCUT2D eigenvalue weighted by Gasteiger charge is -2.26. The van der Waals surface area contributed by atoms with Gasteiger partial charge in [-0.2, -0.15) is 0 Å². The standard InChI is InChI=1S/C13H15N3/c1-10-9-16-12(7-8-14-13(16)15-10)11-5-3-2-4-6-11/h2-6,9,12H,7-8H2,1H3,(H,14,15). The number of aryl methyl sites for hydroxylation is 1. The normalized spacial score (nSPS) is 18.9. The van der Waals surface area contributed by atoms with Crippen molar-refractivity contribution in [1.82, 2.24) is 9.55 Å². The van der Waals surface area contributed by atoms with Crippen molar-refractivity contribution >= 4 is 5.95 Å². The number of aromatic nitrogens is 2. The molecule has 1 aromatic heterocycles. The lowest BCUT2D eigenvalue weighted by molar-refractivity contribution is 0.530. The summed E-state index contributed by atoms with van der Waals surface area (Å²) >= 11 is 0. The molecular formula is C13H15N3. The van der Waals surface area contributed by atoms with Gasteiger partial charge in [-0.05, 0) is 18.9 Å². The van der Waals surface area contributed by atoms with Crippen LogP contribution in [-0.2, 0) is 0 Å². The van der Waals surface area contributed by atoms with Gasteiger partial charge in [0.25, 0.3) is 0 Å². The van der Waals surface area contributed by atoms with Crippen molar-refractivity contribution in [2.75, 3.05) is 11.9 Å². The number of benzene rings is 1. The Hall–Kier alpha value is -1.77. The number of hydrogen-bond acceptors (Lipinski definition) is 2. The van der Waals surface area contributed by atoms with Crippen molar-refractivity contribution in [1.29, 1.82) is 0 Å². The van der Waals surface area contributed by atoms with Crippen LogP contribution >= 0.6 is 0 Å². The zero-order valence-corrected chi connectivity index (χ0v) is 9.35. The van der Waals surface area contributed by atoms with Gasteiger partial charge >= 0.3 is 0 Å². The second kappa shape index (κ2) is 3.67. The van der Waals surface area contributed by atoms with Gasteiger partial charge in [-0.1, -0.05) is 30.3 Å². The van der Waals surface area contributed by atoms with Crippen molar-refractivity contribution in [3.05, 3.63) is 47.8 Å². The quantitative estimate of drug-likeness (QED) is 0.789. The topological polar surface area (TPSA) is 29.9 Å². The van der Waals surface area contributed by atoms with Crippen LogP contribution in [0.25, 0.3) is 0 Å². The maximum Gasteiger partial charge on any atom is 0.203 e. The SMILES string of the molecule is Cc1cn2c(n1)NCCC2c1ccccc1. The van der Waals surface area contributed by atoms with E-state index in [4.69, 9.17) is 0 Å². The Morgan fingerprint density at radius 1 is 1.31 bits per heavy atom. The van der Waals surface area contributed by atoms with E-state index >= 15 is 0 Å². The van der Waals surface area contributed by atoms with Gasteiger partial charge < -0.3 is 9.88 Å². The minimum Gasteiger partial charge on any atom is -0.356 e. The van der Waals surface area contributed by atoms with Crippen LogP contribution < -0.4 is 5.32 Å². The van der Waals surface area contributed by atoms with Gasteiger partial charge in [0.15, 0.2) is 0 Å². The van der Waals surface area contributed by atoms with Crippen molar-refractivity contribution in [3.8, 4) is 0 Å². The first-order chi connectivity index (χ1) is 7.84. The van der Waals surface area contributed by atoms with Crippen molar-refractivity contribution in [2.45, 2.75) is 19.4 Å². The summed E-state index contributed by atoms with van der Waals surface area (Å²) < 4.78 is 2.24. The molecule has 3 nitrogen and oxygen atoms in total. The zero-order chi connectivity index (χ0) is 11.0. The van der Waals surface area contributed by atoms with Crippen LogP contribution in [0.3, 0.4) is 0 Å². The largest absolute Gasteiger partial charge is 0.356 e. The Kier molecular flexibility index (Phi) is 2.17. The Labute approximate surface area is 95.1 Å². The molecule has 1 unspecified atom stereocenters. The van der Waals surface area contributed by atoms with Crippen molar-refractivity contribution < 1.29 is 0 Å². The first-order valence-corrected chi connectivity index (χ1v) is 5.69. The summed E-state index contributed by atoms with van der Waals surface area (Å²) in [5.41, 5.74) is 2.44. The average Bonchev–Trinajstić information content (AvgIpc) is 2.70. The maximum absolute atomic E-state index is 4.48. The van der Waals surface area contributed by atoms with E-state index in [1.165, 1.54) is 5.56 Å². The summed E-state index contributed by atoms with van der Waals surface area (Å²) in [6.45, 7) is 3.03. The van der Waals surface area contributed by atoms with Gasteiger partial charge in [-0.25, -0.2) is 4.98 Å². The molecular weight excluding hydrogens is 198 g/mol. The molecule has 1 aliphatic rings. The molecule has 1 N–H and O–H groups in total.